The molecule has 0 aliphatic carbocycles. The zero-order chi connectivity index (χ0) is 10.8. The lowest BCUT2D eigenvalue weighted by molar-refractivity contribution is 0.654. The molecule has 0 bridgehead atoms. The molecular weight excluding hydrogens is 188 g/mol. The van der Waals surface area contributed by atoms with Crippen molar-refractivity contribution in [2.75, 3.05) is 7.05 Å². The number of H-pyrrole nitrogens is 1. The van der Waals surface area contributed by atoms with Gasteiger partial charge in [0.25, 0.3) is 5.56 Å². The van der Waals surface area contributed by atoms with Gasteiger partial charge in [-0.2, -0.15) is 0 Å². The molecule has 0 saturated carbocycles. The van der Waals surface area contributed by atoms with Crippen LogP contribution in [0.2, 0.25) is 0 Å². The van der Waals surface area contributed by atoms with Crippen LogP contribution in [-0.2, 0) is 0 Å². The summed E-state index contributed by atoms with van der Waals surface area (Å²) >= 11 is 0. The van der Waals surface area contributed by atoms with Crippen LogP contribution in [0, 0.1) is 0 Å². The van der Waals surface area contributed by atoms with Crippen molar-refractivity contribution in [1.82, 2.24) is 10.3 Å². The molecule has 2 aromatic rings. The summed E-state index contributed by atoms with van der Waals surface area (Å²) in [5.74, 6) is 0. The summed E-state index contributed by atoms with van der Waals surface area (Å²) in [4.78, 5) is 14.3. The minimum Gasteiger partial charge on any atom is -0.328 e. The third-order valence-corrected chi connectivity index (χ3v) is 2.74. The minimum absolute atomic E-state index is 0.0300. The van der Waals surface area contributed by atoms with Gasteiger partial charge < -0.3 is 10.3 Å². The van der Waals surface area contributed by atoms with Crippen LogP contribution in [0.25, 0.3) is 10.8 Å². The molecule has 0 fully saturated rings. The van der Waals surface area contributed by atoms with Crippen LogP contribution in [0.3, 0.4) is 0 Å². The average Bonchev–Trinajstić information content (AvgIpc) is 2.29. The predicted octanol–water partition coefficient (Wildman–Crippen LogP) is 1.81. The molecule has 1 unspecified atom stereocenters. The summed E-state index contributed by atoms with van der Waals surface area (Å²) in [6, 6.07) is 7.89. The number of hydrogen-bond acceptors (Lipinski definition) is 2. The highest BCUT2D eigenvalue weighted by atomic mass is 16.1. The van der Waals surface area contributed by atoms with E-state index in [1.54, 1.807) is 6.20 Å². The summed E-state index contributed by atoms with van der Waals surface area (Å²) in [7, 11) is 1.91. The molecule has 0 aliphatic heterocycles. The Morgan fingerprint density at radius 3 is 2.60 bits per heavy atom. The number of pyridine rings is 1. The molecule has 0 aliphatic rings. The van der Waals surface area contributed by atoms with Crippen molar-refractivity contribution in [3.8, 4) is 0 Å². The molecular formula is C12H14N2O. The van der Waals surface area contributed by atoms with Crippen molar-refractivity contribution in [3.63, 3.8) is 0 Å². The first-order valence-electron chi connectivity index (χ1n) is 5.01. The lowest BCUT2D eigenvalue weighted by atomic mass is 10.0. The number of fused-ring (bicyclic) bond motifs is 1. The van der Waals surface area contributed by atoms with E-state index in [1.807, 2.05) is 31.3 Å². The Morgan fingerprint density at radius 1 is 1.27 bits per heavy atom. The van der Waals surface area contributed by atoms with Gasteiger partial charge in [0.15, 0.2) is 0 Å². The molecule has 1 aromatic heterocycles. The Labute approximate surface area is 88.1 Å². The summed E-state index contributed by atoms with van der Waals surface area (Å²) in [5.41, 5.74) is 1.09. The van der Waals surface area contributed by atoms with Gasteiger partial charge in [-0.25, -0.2) is 0 Å². The Bertz CT molecular complexity index is 530. The van der Waals surface area contributed by atoms with E-state index in [2.05, 4.69) is 17.2 Å². The van der Waals surface area contributed by atoms with Crippen LogP contribution >= 0.6 is 0 Å². The van der Waals surface area contributed by atoms with Gasteiger partial charge in [-0.05, 0) is 31.0 Å². The highest BCUT2D eigenvalue weighted by Crippen LogP contribution is 2.20. The summed E-state index contributed by atoms with van der Waals surface area (Å²) in [6.07, 6.45) is 1.78. The molecule has 2 N–H and O–H groups in total. The van der Waals surface area contributed by atoms with Crippen molar-refractivity contribution in [3.05, 3.63) is 46.4 Å². The normalized spacial score (nSPS) is 12.9. The maximum atomic E-state index is 11.6. The lowest BCUT2D eigenvalue weighted by Crippen LogP contribution is -2.16. The SMILES string of the molecule is CNC(C)c1c[nH]c(=O)c2ccccc12. The number of aromatic nitrogens is 1. The van der Waals surface area contributed by atoms with E-state index in [0.717, 1.165) is 16.3 Å². The summed E-state index contributed by atoms with van der Waals surface area (Å²) in [5, 5.41) is 4.93. The largest absolute Gasteiger partial charge is 0.328 e. The molecule has 2 rings (SSSR count). The van der Waals surface area contributed by atoms with Crippen molar-refractivity contribution in [1.29, 1.82) is 0 Å². The molecule has 0 radical (unpaired) electrons. The Kier molecular flexibility index (Phi) is 2.56. The molecule has 78 valence electrons. The second-order valence-corrected chi connectivity index (χ2v) is 3.63. The monoisotopic (exact) mass is 202 g/mol. The molecule has 3 heteroatoms. The maximum Gasteiger partial charge on any atom is 0.255 e. The van der Waals surface area contributed by atoms with Gasteiger partial charge in [-0.1, -0.05) is 18.2 Å². The fourth-order valence-corrected chi connectivity index (χ4v) is 1.75. The van der Waals surface area contributed by atoms with Crippen molar-refractivity contribution in [2.45, 2.75) is 13.0 Å². The van der Waals surface area contributed by atoms with Crippen LogP contribution in [0.4, 0.5) is 0 Å². The van der Waals surface area contributed by atoms with Gasteiger partial charge >= 0.3 is 0 Å². The second-order valence-electron chi connectivity index (χ2n) is 3.63. The maximum absolute atomic E-state index is 11.6. The third-order valence-electron chi connectivity index (χ3n) is 2.74. The van der Waals surface area contributed by atoms with Gasteiger partial charge in [-0.3, -0.25) is 4.79 Å². The van der Waals surface area contributed by atoms with Crippen LogP contribution in [0.15, 0.2) is 35.3 Å². The molecule has 0 saturated heterocycles. The van der Waals surface area contributed by atoms with Crippen LogP contribution in [-0.4, -0.2) is 12.0 Å². The van der Waals surface area contributed by atoms with Crippen molar-refractivity contribution >= 4 is 10.8 Å². The van der Waals surface area contributed by atoms with E-state index < -0.39 is 0 Å². The van der Waals surface area contributed by atoms with Crippen LogP contribution in [0.5, 0.6) is 0 Å². The lowest BCUT2D eigenvalue weighted by Gasteiger charge is -2.12. The van der Waals surface area contributed by atoms with E-state index in [4.69, 9.17) is 0 Å². The van der Waals surface area contributed by atoms with Crippen molar-refractivity contribution < 1.29 is 0 Å². The number of benzene rings is 1. The van der Waals surface area contributed by atoms with Gasteiger partial charge in [0.1, 0.15) is 0 Å². The van der Waals surface area contributed by atoms with E-state index >= 15 is 0 Å². The van der Waals surface area contributed by atoms with E-state index in [-0.39, 0.29) is 11.6 Å². The number of nitrogens with one attached hydrogen (secondary N) is 2. The molecule has 1 heterocycles. The molecule has 0 amide bonds. The zero-order valence-corrected chi connectivity index (χ0v) is 8.87. The molecule has 3 nitrogen and oxygen atoms in total. The minimum atomic E-state index is -0.0300. The molecule has 1 aromatic carbocycles. The fraction of sp³-hybridized carbons (Fsp3) is 0.250. The first-order valence-corrected chi connectivity index (χ1v) is 5.01. The molecule has 0 spiro atoms. The second kappa shape index (κ2) is 3.87. The zero-order valence-electron chi connectivity index (χ0n) is 8.87. The summed E-state index contributed by atoms with van der Waals surface area (Å²) < 4.78 is 0. The number of aromatic amines is 1. The van der Waals surface area contributed by atoms with Gasteiger partial charge in [-0.15, -0.1) is 0 Å². The Morgan fingerprint density at radius 2 is 1.93 bits per heavy atom. The Balaban J connectivity index is 2.77. The average molecular weight is 202 g/mol. The molecule has 15 heavy (non-hydrogen) atoms. The third kappa shape index (κ3) is 1.66. The molecule has 1 atom stereocenters. The number of hydrogen-bond donors (Lipinski definition) is 2. The van der Waals surface area contributed by atoms with E-state index in [1.165, 1.54) is 0 Å². The van der Waals surface area contributed by atoms with Crippen molar-refractivity contribution in [2.24, 2.45) is 0 Å². The first-order chi connectivity index (χ1) is 7.24. The van der Waals surface area contributed by atoms with Gasteiger partial charge in [0, 0.05) is 17.6 Å². The Hall–Kier alpha value is -1.61. The first kappa shape index (κ1) is 9.93. The predicted molar refractivity (Wildman–Crippen MR) is 62.0 cm³/mol. The highest BCUT2D eigenvalue weighted by Gasteiger charge is 2.08. The number of rotatable bonds is 2. The van der Waals surface area contributed by atoms with Crippen LogP contribution in [0.1, 0.15) is 18.5 Å². The fourth-order valence-electron chi connectivity index (χ4n) is 1.75. The van der Waals surface area contributed by atoms with E-state index in [0.29, 0.717) is 0 Å². The standard InChI is InChI=1S/C12H14N2O/c1-8(13-2)11-7-14-12(15)10-6-4-3-5-9(10)11/h3-8,13H,1-2H3,(H,14,15). The van der Waals surface area contributed by atoms with Crippen LogP contribution < -0.4 is 10.9 Å². The van der Waals surface area contributed by atoms with Gasteiger partial charge in [0.05, 0.1) is 0 Å². The van der Waals surface area contributed by atoms with Gasteiger partial charge in [0.2, 0.25) is 0 Å². The smallest absolute Gasteiger partial charge is 0.255 e. The quantitative estimate of drug-likeness (QED) is 0.780. The summed E-state index contributed by atoms with van der Waals surface area (Å²) in [6.45, 7) is 2.07. The topological polar surface area (TPSA) is 44.9 Å². The highest BCUT2D eigenvalue weighted by molar-refractivity contribution is 5.84. The van der Waals surface area contributed by atoms with E-state index in [9.17, 15) is 4.79 Å².